The number of esters is 1. The predicted molar refractivity (Wildman–Crippen MR) is 90.4 cm³/mol. The van der Waals surface area contributed by atoms with E-state index in [1.807, 2.05) is 55.5 Å². The molecule has 0 heterocycles. The van der Waals surface area contributed by atoms with E-state index >= 15 is 0 Å². The number of benzene rings is 2. The van der Waals surface area contributed by atoms with Crippen LogP contribution in [0.1, 0.15) is 42.1 Å². The Morgan fingerprint density at radius 3 is 2.09 bits per heavy atom. The molecule has 0 saturated carbocycles. The molecule has 3 heteroatoms. The Hall–Kier alpha value is -2.42. The number of hydrogen-bond donors (Lipinski definition) is 0. The first kappa shape index (κ1) is 16.9. The van der Waals surface area contributed by atoms with E-state index in [1.54, 1.807) is 19.1 Å². The molecule has 0 unspecified atom stereocenters. The molecule has 2 atom stereocenters. The molecule has 3 nitrogen and oxygen atoms in total. The molecule has 0 aromatic heterocycles. The first-order chi connectivity index (χ1) is 11.1. The van der Waals surface area contributed by atoms with Crippen LogP contribution in [0.15, 0.2) is 60.7 Å². The van der Waals surface area contributed by atoms with Crippen LogP contribution < -0.4 is 0 Å². The quantitative estimate of drug-likeness (QED) is 0.567. The molecule has 0 fully saturated rings. The van der Waals surface area contributed by atoms with Crippen LogP contribution >= 0.6 is 0 Å². The van der Waals surface area contributed by atoms with Crippen LogP contribution in [-0.2, 0) is 9.53 Å². The van der Waals surface area contributed by atoms with Gasteiger partial charge in [0.05, 0.1) is 12.5 Å². The van der Waals surface area contributed by atoms with Gasteiger partial charge in [0.25, 0.3) is 0 Å². The van der Waals surface area contributed by atoms with Crippen LogP contribution in [-0.4, -0.2) is 18.4 Å². The molecule has 2 aromatic rings. The van der Waals surface area contributed by atoms with Gasteiger partial charge in [0.15, 0.2) is 5.78 Å². The summed E-state index contributed by atoms with van der Waals surface area (Å²) in [6.07, 6.45) is 0.286. The standard InChI is InChI=1S/C20H22O3/c1-3-23-20(22)15(2)18(16-10-6-4-7-11-16)14-19(21)17-12-8-5-9-13-17/h4-13,15,18H,3,14H2,1-2H3/t15-,18-/m0/s1. The molecular formula is C20H22O3. The van der Waals surface area contributed by atoms with Gasteiger partial charge in [-0.1, -0.05) is 67.6 Å². The molecule has 0 N–H and O–H groups in total. The molecule has 0 bridgehead atoms. The topological polar surface area (TPSA) is 43.4 Å². The van der Waals surface area contributed by atoms with Crippen molar-refractivity contribution in [1.29, 1.82) is 0 Å². The van der Waals surface area contributed by atoms with Crippen LogP contribution in [0, 0.1) is 5.92 Å². The summed E-state index contributed by atoms with van der Waals surface area (Å²) < 4.78 is 5.14. The average Bonchev–Trinajstić information content (AvgIpc) is 2.60. The molecular weight excluding hydrogens is 288 g/mol. The highest BCUT2D eigenvalue weighted by Gasteiger charge is 2.28. The van der Waals surface area contributed by atoms with E-state index in [9.17, 15) is 9.59 Å². The minimum absolute atomic E-state index is 0.0376. The fourth-order valence-corrected chi connectivity index (χ4v) is 2.66. The van der Waals surface area contributed by atoms with Gasteiger partial charge in [-0.15, -0.1) is 0 Å². The number of Topliss-reactive ketones (excluding diaryl/α,β-unsaturated/α-hetero) is 1. The molecule has 120 valence electrons. The molecule has 0 aliphatic heterocycles. The zero-order chi connectivity index (χ0) is 16.7. The average molecular weight is 310 g/mol. The van der Waals surface area contributed by atoms with Crippen LogP contribution in [0.4, 0.5) is 0 Å². The first-order valence-corrected chi connectivity index (χ1v) is 7.93. The lowest BCUT2D eigenvalue weighted by Crippen LogP contribution is -2.24. The molecule has 0 amide bonds. The highest BCUT2D eigenvalue weighted by Crippen LogP contribution is 2.30. The van der Waals surface area contributed by atoms with Crippen molar-refractivity contribution in [2.45, 2.75) is 26.2 Å². The number of carbonyl (C=O) groups excluding carboxylic acids is 2. The smallest absolute Gasteiger partial charge is 0.309 e. The minimum atomic E-state index is -0.370. The molecule has 0 aliphatic rings. The Morgan fingerprint density at radius 2 is 1.52 bits per heavy atom. The summed E-state index contributed by atoms with van der Waals surface area (Å²) in [6, 6.07) is 18.9. The highest BCUT2D eigenvalue weighted by atomic mass is 16.5. The van der Waals surface area contributed by atoms with Crippen LogP contribution in [0.2, 0.25) is 0 Å². The van der Waals surface area contributed by atoms with Crippen LogP contribution in [0.25, 0.3) is 0 Å². The maximum Gasteiger partial charge on any atom is 0.309 e. The van der Waals surface area contributed by atoms with Gasteiger partial charge in [0, 0.05) is 17.9 Å². The largest absolute Gasteiger partial charge is 0.466 e. The van der Waals surface area contributed by atoms with Crippen molar-refractivity contribution in [3.63, 3.8) is 0 Å². The van der Waals surface area contributed by atoms with E-state index in [2.05, 4.69) is 0 Å². The van der Waals surface area contributed by atoms with Gasteiger partial charge in [-0.05, 0) is 12.5 Å². The zero-order valence-electron chi connectivity index (χ0n) is 13.6. The van der Waals surface area contributed by atoms with Crippen molar-refractivity contribution >= 4 is 11.8 Å². The lowest BCUT2D eigenvalue weighted by Gasteiger charge is -2.22. The van der Waals surface area contributed by atoms with Crippen molar-refractivity contribution in [1.82, 2.24) is 0 Å². The van der Waals surface area contributed by atoms with Crippen molar-refractivity contribution in [3.05, 3.63) is 71.8 Å². The lowest BCUT2D eigenvalue weighted by molar-refractivity contribution is -0.148. The molecule has 0 saturated heterocycles. The fourth-order valence-electron chi connectivity index (χ4n) is 2.66. The van der Waals surface area contributed by atoms with Crippen molar-refractivity contribution in [2.24, 2.45) is 5.92 Å². The second-order valence-corrected chi connectivity index (χ2v) is 5.55. The molecule has 2 rings (SSSR count). The Balaban J connectivity index is 2.23. The Morgan fingerprint density at radius 1 is 0.957 bits per heavy atom. The molecule has 2 aromatic carbocycles. The second kappa shape index (κ2) is 8.28. The van der Waals surface area contributed by atoms with Gasteiger partial charge in [-0.25, -0.2) is 0 Å². The van der Waals surface area contributed by atoms with E-state index < -0.39 is 0 Å². The minimum Gasteiger partial charge on any atom is -0.466 e. The van der Waals surface area contributed by atoms with Crippen molar-refractivity contribution < 1.29 is 14.3 Å². The highest BCUT2D eigenvalue weighted by molar-refractivity contribution is 5.96. The SMILES string of the molecule is CCOC(=O)[C@@H](C)[C@H](CC(=O)c1ccccc1)c1ccccc1. The van der Waals surface area contributed by atoms with Gasteiger partial charge in [0.2, 0.25) is 0 Å². The van der Waals surface area contributed by atoms with Gasteiger partial charge < -0.3 is 4.74 Å². The van der Waals surface area contributed by atoms with E-state index in [0.29, 0.717) is 12.2 Å². The third-order valence-corrected chi connectivity index (χ3v) is 3.99. The maximum absolute atomic E-state index is 12.6. The normalized spacial score (nSPS) is 13.1. The zero-order valence-corrected chi connectivity index (χ0v) is 13.6. The monoisotopic (exact) mass is 310 g/mol. The van der Waals surface area contributed by atoms with E-state index in [0.717, 1.165) is 5.56 Å². The summed E-state index contributed by atoms with van der Waals surface area (Å²) in [5.74, 6) is -0.786. The molecule has 23 heavy (non-hydrogen) atoms. The van der Waals surface area contributed by atoms with Crippen LogP contribution in [0.5, 0.6) is 0 Å². The molecule has 0 spiro atoms. The van der Waals surface area contributed by atoms with E-state index in [-0.39, 0.29) is 30.0 Å². The number of ether oxygens (including phenoxy) is 1. The Bertz CT molecular complexity index is 634. The third-order valence-electron chi connectivity index (χ3n) is 3.99. The Labute approximate surface area is 137 Å². The summed E-state index contributed by atoms with van der Waals surface area (Å²) in [5, 5.41) is 0. The van der Waals surface area contributed by atoms with E-state index in [4.69, 9.17) is 4.74 Å². The van der Waals surface area contributed by atoms with Crippen molar-refractivity contribution in [3.8, 4) is 0 Å². The van der Waals surface area contributed by atoms with Gasteiger partial charge in [-0.3, -0.25) is 9.59 Å². The van der Waals surface area contributed by atoms with Gasteiger partial charge in [0.1, 0.15) is 0 Å². The third kappa shape index (κ3) is 4.52. The summed E-state index contributed by atoms with van der Waals surface area (Å²) in [6.45, 7) is 3.96. The number of hydrogen-bond acceptors (Lipinski definition) is 3. The first-order valence-electron chi connectivity index (χ1n) is 7.93. The fraction of sp³-hybridized carbons (Fsp3) is 0.300. The second-order valence-electron chi connectivity index (χ2n) is 5.55. The molecule has 0 aliphatic carbocycles. The van der Waals surface area contributed by atoms with E-state index in [1.165, 1.54) is 0 Å². The summed E-state index contributed by atoms with van der Waals surface area (Å²) >= 11 is 0. The number of ketones is 1. The summed E-state index contributed by atoms with van der Waals surface area (Å²) in [5.41, 5.74) is 1.65. The Kier molecular flexibility index (Phi) is 6.10. The predicted octanol–water partition coefficient (Wildman–Crippen LogP) is 4.24. The van der Waals surface area contributed by atoms with Crippen LogP contribution in [0.3, 0.4) is 0 Å². The van der Waals surface area contributed by atoms with Gasteiger partial charge >= 0.3 is 5.97 Å². The van der Waals surface area contributed by atoms with Gasteiger partial charge in [-0.2, -0.15) is 0 Å². The lowest BCUT2D eigenvalue weighted by atomic mass is 9.82. The summed E-state index contributed by atoms with van der Waals surface area (Å²) in [7, 11) is 0. The van der Waals surface area contributed by atoms with Crippen molar-refractivity contribution in [2.75, 3.05) is 6.61 Å². The maximum atomic E-state index is 12.6. The number of rotatable bonds is 7. The molecule has 0 radical (unpaired) electrons. The number of carbonyl (C=O) groups is 2. The summed E-state index contributed by atoms with van der Waals surface area (Å²) in [4.78, 5) is 24.7.